The van der Waals surface area contributed by atoms with E-state index in [0.717, 1.165) is 6.92 Å². The molecular weight excluding hydrogens is 235 g/mol. The van der Waals surface area contributed by atoms with Crippen LogP contribution in [0.4, 0.5) is 17.6 Å². The van der Waals surface area contributed by atoms with E-state index in [9.17, 15) is 22.4 Å². The Balaban J connectivity index is 3.60. The number of hydrogen-bond donors (Lipinski definition) is 0. The molecule has 7 heteroatoms. The molecule has 1 aromatic rings. The first-order chi connectivity index (χ1) is 6.91. The van der Waals surface area contributed by atoms with Crippen LogP contribution in [0.1, 0.15) is 15.9 Å². The summed E-state index contributed by atoms with van der Waals surface area (Å²) in [5.74, 6) is -8.26. The second kappa shape index (κ2) is 4.14. The summed E-state index contributed by atoms with van der Waals surface area (Å²) in [6.07, 6.45) is 0. The zero-order valence-electron chi connectivity index (χ0n) is 7.41. The van der Waals surface area contributed by atoms with Crippen LogP contribution >= 0.6 is 9.47 Å². The standard InChI is InChI=1S/C8H5F4O2P/c1-2-4(9)6(11)3(8(13)14-15)7(12)5(2)10/h15H2,1H3. The van der Waals surface area contributed by atoms with Crippen LogP contribution in [-0.2, 0) is 4.52 Å². The summed E-state index contributed by atoms with van der Waals surface area (Å²) in [5.41, 5.74) is -2.21. The molecule has 0 amide bonds. The number of rotatable bonds is 1. The molecule has 0 fully saturated rings. The first-order valence-electron chi connectivity index (χ1n) is 3.65. The molecule has 0 saturated carbocycles. The Morgan fingerprint density at radius 1 is 1.07 bits per heavy atom. The lowest BCUT2D eigenvalue weighted by Gasteiger charge is -2.07. The molecule has 0 radical (unpaired) electrons. The highest BCUT2D eigenvalue weighted by molar-refractivity contribution is 7.10. The predicted octanol–water partition coefficient (Wildman–Crippen LogP) is 2.50. The van der Waals surface area contributed by atoms with Crippen LogP contribution in [0.15, 0.2) is 0 Å². The van der Waals surface area contributed by atoms with Crippen LogP contribution in [-0.4, -0.2) is 5.97 Å². The molecule has 0 N–H and O–H groups in total. The summed E-state index contributed by atoms with van der Waals surface area (Å²) >= 11 is 0. The Hall–Kier alpha value is -1.16. The van der Waals surface area contributed by atoms with E-state index in [4.69, 9.17) is 0 Å². The topological polar surface area (TPSA) is 26.3 Å². The van der Waals surface area contributed by atoms with E-state index < -0.39 is 40.4 Å². The summed E-state index contributed by atoms with van der Waals surface area (Å²) in [4.78, 5) is 10.8. The monoisotopic (exact) mass is 240 g/mol. The molecule has 0 aliphatic carbocycles. The van der Waals surface area contributed by atoms with Crippen molar-refractivity contribution in [3.63, 3.8) is 0 Å². The third-order valence-corrected chi connectivity index (χ3v) is 2.01. The summed E-state index contributed by atoms with van der Waals surface area (Å²) in [6.45, 7) is 0.854. The van der Waals surface area contributed by atoms with Crippen molar-refractivity contribution in [2.24, 2.45) is 0 Å². The molecule has 0 aromatic heterocycles. The van der Waals surface area contributed by atoms with Gasteiger partial charge in [0.25, 0.3) is 0 Å². The molecule has 0 aliphatic heterocycles. The van der Waals surface area contributed by atoms with Gasteiger partial charge in [0.15, 0.2) is 23.3 Å². The molecule has 15 heavy (non-hydrogen) atoms. The average molecular weight is 240 g/mol. The third kappa shape index (κ3) is 1.81. The molecule has 1 rings (SSSR count). The van der Waals surface area contributed by atoms with Crippen LogP contribution in [0.5, 0.6) is 0 Å². The third-order valence-electron chi connectivity index (χ3n) is 1.79. The SMILES string of the molecule is Cc1c(F)c(F)c(C(=O)OP)c(F)c1F. The van der Waals surface area contributed by atoms with Crippen LogP contribution in [0.2, 0.25) is 0 Å². The first kappa shape index (κ1) is 11.9. The van der Waals surface area contributed by atoms with E-state index in [1.165, 1.54) is 9.47 Å². The number of hydrogen-bond acceptors (Lipinski definition) is 2. The van der Waals surface area contributed by atoms with Gasteiger partial charge in [-0.25, -0.2) is 22.4 Å². The van der Waals surface area contributed by atoms with Gasteiger partial charge in [0.2, 0.25) is 0 Å². The molecule has 0 heterocycles. The fourth-order valence-electron chi connectivity index (χ4n) is 0.980. The fraction of sp³-hybridized carbons (Fsp3) is 0.125. The van der Waals surface area contributed by atoms with E-state index in [-0.39, 0.29) is 0 Å². The van der Waals surface area contributed by atoms with E-state index in [2.05, 4.69) is 4.52 Å². The zero-order valence-corrected chi connectivity index (χ0v) is 8.56. The van der Waals surface area contributed by atoms with Gasteiger partial charge in [-0.05, 0) is 6.92 Å². The maximum atomic E-state index is 13.0. The van der Waals surface area contributed by atoms with Crippen LogP contribution in [0, 0.1) is 30.2 Å². The average Bonchev–Trinajstić information content (AvgIpc) is 2.23. The van der Waals surface area contributed by atoms with Gasteiger partial charge in [0.05, 0.1) is 9.47 Å². The van der Waals surface area contributed by atoms with Gasteiger partial charge in [0.1, 0.15) is 5.56 Å². The summed E-state index contributed by atoms with van der Waals surface area (Å²) in [6, 6.07) is 0. The van der Waals surface area contributed by atoms with E-state index in [1.54, 1.807) is 0 Å². The Kier molecular flexibility index (Phi) is 3.29. The first-order valence-corrected chi connectivity index (χ1v) is 4.12. The highest BCUT2D eigenvalue weighted by Crippen LogP contribution is 2.24. The largest absolute Gasteiger partial charge is 0.448 e. The molecule has 0 aliphatic rings. The molecule has 1 unspecified atom stereocenters. The van der Waals surface area contributed by atoms with Crippen molar-refractivity contribution in [1.82, 2.24) is 0 Å². The Morgan fingerprint density at radius 3 is 1.80 bits per heavy atom. The highest BCUT2D eigenvalue weighted by Gasteiger charge is 2.28. The maximum absolute atomic E-state index is 13.0. The van der Waals surface area contributed by atoms with Crippen molar-refractivity contribution < 1.29 is 26.9 Å². The van der Waals surface area contributed by atoms with Crippen LogP contribution in [0.3, 0.4) is 0 Å². The lowest BCUT2D eigenvalue weighted by Crippen LogP contribution is -2.11. The van der Waals surface area contributed by atoms with Gasteiger partial charge >= 0.3 is 5.97 Å². The van der Waals surface area contributed by atoms with E-state index >= 15 is 0 Å². The second-order valence-corrected chi connectivity index (χ2v) is 2.90. The van der Waals surface area contributed by atoms with Crippen molar-refractivity contribution in [2.45, 2.75) is 6.92 Å². The smallest absolute Gasteiger partial charge is 0.346 e. The predicted molar refractivity (Wildman–Crippen MR) is 46.1 cm³/mol. The summed E-state index contributed by atoms with van der Waals surface area (Å²) in [7, 11) is 1.43. The van der Waals surface area contributed by atoms with Gasteiger partial charge in [-0.3, -0.25) is 0 Å². The summed E-state index contributed by atoms with van der Waals surface area (Å²) in [5, 5.41) is 0. The fourth-order valence-corrected chi connectivity index (χ4v) is 1.10. The lowest BCUT2D eigenvalue weighted by molar-refractivity contribution is 0.0752. The van der Waals surface area contributed by atoms with Crippen molar-refractivity contribution in [3.8, 4) is 0 Å². The van der Waals surface area contributed by atoms with Crippen molar-refractivity contribution >= 4 is 15.4 Å². The molecule has 0 spiro atoms. The molecule has 0 bridgehead atoms. The van der Waals surface area contributed by atoms with Gasteiger partial charge in [0, 0.05) is 5.56 Å². The number of carbonyl (C=O) groups is 1. The van der Waals surface area contributed by atoms with Crippen molar-refractivity contribution in [3.05, 3.63) is 34.4 Å². The lowest BCUT2D eigenvalue weighted by atomic mass is 10.1. The quantitative estimate of drug-likeness (QED) is 0.428. The molecule has 82 valence electrons. The normalized spacial score (nSPS) is 10.3. The number of benzene rings is 1. The Bertz CT molecular complexity index is 404. The van der Waals surface area contributed by atoms with Crippen LogP contribution < -0.4 is 0 Å². The van der Waals surface area contributed by atoms with Crippen molar-refractivity contribution in [2.75, 3.05) is 0 Å². The number of halogens is 4. The molecular formula is C8H5F4O2P. The van der Waals surface area contributed by atoms with Gasteiger partial charge in [-0.1, -0.05) is 0 Å². The van der Waals surface area contributed by atoms with Gasteiger partial charge in [-0.15, -0.1) is 0 Å². The molecule has 2 nitrogen and oxygen atoms in total. The Labute approximate surface area is 84.5 Å². The summed E-state index contributed by atoms with van der Waals surface area (Å²) < 4.78 is 55.9. The highest BCUT2D eigenvalue weighted by atomic mass is 31.0. The van der Waals surface area contributed by atoms with Gasteiger partial charge < -0.3 is 4.52 Å². The van der Waals surface area contributed by atoms with E-state index in [0.29, 0.717) is 0 Å². The minimum absolute atomic E-state index is 0.828. The van der Waals surface area contributed by atoms with E-state index in [1.807, 2.05) is 0 Å². The number of carbonyl (C=O) groups excluding carboxylic acids is 1. The maximum Gasteiger partial charge on any atom is 0.346 e. The zero-order chi connectivity index (χ0) is 11.7. The minimum atomic E-state index is -1.76. The minimum Gasteiger partial charge on any atom is -0.448 e. The van der Waals surface area contributed by atoms with Crippen molar-refractivity contribution in [1.29, 1.82) is 0 Å². The second-order valence-electron chi connectivity index (χ2n) is 2.66. The molecule has 1 aromatic carbocycles. The van der Waals surface area contributed by atoms with Crippen LogP contribution in [0.25, 0.3) is 0 Å². The molecule has 0 saturated heterocycles. The molecule has 1 atom stereocenters. The Morgan fingerprint density at radius 2 is 1.47 bits per heavy atom. The van der Waals surface area contributed by atoms with Gasteiger partial charge in [-0.2, -0.15) is 0 Å².